The van der Waals surface area contributed by atoms with Crippen molar-refractivity contribution in [2.45, 2.75) is 30.0 Å². The first-order valence-corrected chi connectivity index (χ1v) is 8.52. The van der Waals surface area contributed by atoms with E-state index < -0.39 is 6.61 Å². The Hall–Kier alpha value is -1.74. The number of ketones is 1. The Morgan fingerprint density at radius 1 is 1.35 bits per heavy atom. The molecule has 124 valence electrons. The number of nitrogens with one attached hydrogen (secondary N) is 1. The zero-order chi connectivity index (χ0) is 16.8. The van der Waals surface area contributed by atoms with Crippen molar-refractivity contribution in [3.8, 4) is 5.75 Å². The summed E-state index contributed by atoms with van der Waals surface area (Å²) in [6, 6.07) is 5.65. The van der Waals surface area contributed by atoms with E-state index in [1.807, 2.05) is 6.92 Å². The van der Waals surface area contributed by atoms with Gasteiger partial charge in [0.15, 0.2) is 10.1 Å². The average molecular weight is 359 g/mol. The number of aromatic nitrogens is 2. The molecule has 0 aliphatic carbocycles. The van der Waals surface area contributed by atoms with Gasteiger partial charge in [-0.2, -0.15) is 8.78 Å². The van der Waals surface area contributed by atoms with Crippen LogP contribution in [0.25, 0.3) is 0 Å². The van der Waals surface area contributed by atoms with Crippen LogP contribution in [0.15, 0.2) is 28.6 Å². The topological polar surface area (TPSA) is 64.1 Å². The number of anilines is 1. The van der Waals surface area contributed by atoms with Crippen LogP contribution < -0.4 is 10.1 Å². The zero-order valence-electron chi connectivity index (χ0n) is 12.5. The maximum absolute atomic E-state index is 12.3. The molecule has 1 aromatic carbocycles. The molecule has 23 heavy (non-hydrogen) atoms. The largest absolute Gasteiger partial charge is 0.435 e. The number of thioether (sulfide) groups is 1. The van der Waals surface area contributed by atoms with Crippen LogP contribution in [-0.4, -0.2) is 34.4 Å². The third kappa shape index (κ3) is 5.14. The number of Topliss-reactive ketones (excluding diaryl/α,β-unsaturated/α-hetero) is 1. The van der Waals surface area contributed by atoms with Crippen LogP contribution >= 0.6 is 23.1 Å². The summed E-state index contributed by atoms with van der Waals surface area (Å²) in [4.78, 5) is 12.3. The summed E-state index contributed by atoms with van der Waals surface area (Å²) in [6.07, 6.45) is 0. The molecule has 0 radical (unpaired) electrons. The highest BCUT2D eigenvalue weighted by Crippen LogP contribution is 2.30. The van der Waals surface area contributed by atoms with E-state index in [9.17, 15) is 13.6 Å². The number of carbonyl (C=O) groups excluding carboxylic acids is 1. The molecular weight excluding hydrogens is 344 g/mol. The Morgan fingerprint density at radius 3 is 2.65 bits per heavy atom. The molecule has 0 aliphatic rings. The predicted molar refractivity (Wildman–Crippen MR) is 86.8 cm³/mol. The van der Waals surface area contributed by atoms with Crippen LogP contribution in [0.1, 0.15) is 24.2 Å². The van der Waals surface area contributed by atoms with Crippen molar-refractivity contribution in [2.24, 2.45) is 0 Å². The summed E-state index contributed by atoms with van der Waals surface area (Å²) >= 11 is 2.69. The van der Waals surface area contributed by atoms with Crippen molar-refractivity contribution in [3.63, 3.8) is 0 Å². The SMILES string of the molecule is CCNc1nnc(S[C@@H](C)C(=O)c2ccc(OC(F)F)cc2)s1. The Labute approximate surface area is 140 Å². The minimum Gasteiger partial charge on any atom is -0.435 e. The highest BCUT2D eigenvalue weighted by Gasteiger charge is 2.19. The van der Waals surface area contributed by atoms with Crippen LogP contribution in [-0.2, 0) is 0 Å². The van der Waals surface area contributed by atoms with Gasteiger partial charge in [-0.25, -0.2) is 0 Å². The fourth-order valence-corrected chi connectivity index (χ4v) is 3.76. The number of benzene rings is 1. The molecule has 5 nitrogen and oxygen atoms in total. The molecule has 0 spiro atoms. The summed E-state index contributed by atoms with van der Waals surface area (Å²) in [5.74, 6) is -0.0879. The molecule has 0 unspecified atom stereocenters. The van der Waals surface area contributed by atoms with Gasteiger partial charge in [0, 0.05) is 12.1 Å². The smallest absolute Gasteiger partial charge is 0.387 e. The molecule has 1 aromatic heterocycles. The molecule has 0 saturated carbocycles. The van der Waals surface area contributed by atoms with Crippen molar-refractivity contribution < 1.29 is 18.3 Å². The maximum atomic E-state index is 12.3. The van der Waals surface area contributed by atoms with E-state index in [0.29, 0.717) is 15.0 Å². The van der Waals surface area contributed by atoms with Crippen molar-refractivity contribution >= 4 is 34.0 Å². The lowest BCUT2D eigenvalue weighted by molar-refractivity contribution is -0.0498. The summed E-state index contributed by atoms with van der Waals surface area (Å²) in [5, 5.41) is 11.4. The van der Waals surface area contributed by atoms with Gasteiger partial charge in [-0.1, -0.05) is 23.1 Å². The minimum atomic E-state index is -2.88. The molecule has 0 bridgehead atoms. The second-order valence-electron chi connectivity index (χ2n) is 4.43. The standard InChI is InChI=1S/C14H15F2N3O2S2/c1-3-17-13-18-19-14(23-13)22-8(2)11(20)9-4-6-10(7-5-9)21-12(15)16/h4-8,12H,3H2,1-2H3,(H,17,18)/t8-/m0/s1. The first-order valence-electron chi connectivity index (χ1n) is 6.82. The minimum absolute atomic E-state index is 0.0243. The Kier molecular flexibility index (Phi) is 6.28. The first kappa shape index (κ1) is 17.6. The highest BCUT2D eigenvalue weighted by molar-refractivity contribution is 8.02. The second kappa shape index (κ2) is 8.21. The monoisotopic (exact) mass is 359 g/mol. The lowest BCUT2D eigenvalue weighted by atomic mass is 10.1. The summed E-state index contributed by atoms with van der Waals surface area (Å²) in [5.41, 5.74) is 0.433. The van der Waals surface area contributed by atoms with Gasteiger partial charge in [-0.15, -0.1) is 10.2 Å². The summed E-state index contributed by atoms with van der Waals surface area (Å²) in [6.45, 7) is 1.60. The van der Waals surface area contributed by atoms with E-state index in [-0.39, 0.29) is 16.8 Å². The van der Waals surface area contributed by atoms with Gasteiger partial charge in [0.05, 0.1) is 5.25 Å². The summed E-state index contributed by atoms with van der Waals surface area (Å²) < 4.78 is 29.1. The zero-order valence-corrected chi connectivity index (χ0v) is 14.1. The van der Waals surface area contributed by atoms with Crippen molar-refractivity contribution in [3.05, 3.63) is 29.8 Å². The van der Waals surface area contributed by atoms with Crippen molar-refractivity contribution in [1.82, 2.24) is 10.2 Å². The van der Waals surface area contributed by atoms with Crippen LogP contribution in [0.2, 0.25) is 0 Å². The molecule has 2 aromatic rings. The van der Waals surface area contributed by atoms with Gasteiger partial charge < -0.3 is 10.1 Å². The van der Waals surface area contributed by atoms with Gasteiger partial charge in [-0.05, 0) is 38.1 Å². The lowest BCUT2D eigenvalue weighted by Gasteiger charge is -2.09. The van der Waals surface area contributed by atoms with E-state index in [0.717, 1.165) is 6.54 Å². The van der Waals surface area contributed by atoms with E-state index in [2.05, 4.69) is 20.3 Å². The third-order valence-corrected chi connectivity index (χ3v) is 4.81. The molecule has 9 heteroatoms. The summed E-state index contributed by atoms with van der Waals surface area (Å²) in [7, 11) is 0. The average Bonchev–Trinajstić information content (AvgIpc) is 2.94. The van der Waals surface area contributed by atoms with Crippen LogP contribution in [0, 0.1) is 0 Å². The molecular formula is C14H15F2N3O2S2. The number of halogens is 2. The van der Waals surface area contributed by atoms with E-state index in [1.54, 1.807) is 6.92 Å². The number of carbonyl (C=O) groups is 1. The Balaban J connectivity index is 1.98. The highest BCUT2D eigenvalue weighted by atomic mass is 32.2. The molecule has 0 fully saturated rings. The molecule has 1 heterocycles. The van der Waals surface area contributed by atoms with E-state index >= 15 is 0 Å². The predicted octanol–water partition coefficient (Wildman–Crippen LogP) is 3.93. The number of hydrogen-bond donors (Lipinski definition) is 1. The number of rotatable bonds is 8. The number of ether oxygens (including phenoxy) is 1. The second-order valence-corrected chi connectivity index (χ2v) is 7.00. The Bertz CT molecular complexity index is 650. The van der Waals surface area contributed by atoms with Gasteiger partial charge in [0.25, 0.3) is 0 Å². The van der Waals surface area contributed by atoms with Gasteiger partial charge >= 0.3 is 6.61 Å². The third-order valence-electron chi connectivity index (χ3n) is 2.75. The van der Waals surface area contributed by atoms with Crippen LogP contribution in [0.4, 0.5) is 13.9 Å². The maximum Gasteiger partial charge on any atom is 0.387 e. The van der Waals surface area contributed by atoms with E-state index in [4.69, 9.17) is 0 Å². The molecule has 1 N–H and O–H groups in total. The fourth-order valence-electron chi connectivity index (χ4n) is 1.72. The number of alkyl halides is 2. The quantitative estimate of drug-likeness (QED) is 0.569. The lowest BCUT2D eigenvalue weighted by Crippen LogP contribution is -2.13. The van der Waals surface area contributed by atoms with Gasteiger partial charge in [0.2, 0.25) is 5.13 Å². The molecule has 0 saturated heterocycles. The van der Waals surface area contributed by atoms with Crippen molar-refractivity contribution in [2.75, 3.05) is 11.9 Å². The van der Waals surface area contributed by atoms with Gasteiger partial charge in [0.1, 0.15) is 5.75 Å². The van der Waals surface area contributed by atoms with Crippen LogP contribution in [0.5, 0.6) is 5.75 Å². The molecule has 1 atom stereocenters. The number of hydrogen-bond acceptors (Lipinski definition) is 7. The first-order chi connectivity index (χ1) is 11.0. The Morgan fingerprint density at radius 2 is 2.04 bits per heavy atom. The van der Waals surface area contributed by atoms with Crippen LogP contribution in [0.3, 0.4) is 0 Å². The normalized spacial score (nSPS) is 12.2. The number of nitrogens with zero attached hydrogens (tertiary/aromatic N) is 2. The van der Waals surface area contributed by atoms with Crippen molar-refractivity contribution in [1.29, 1.82) is 0 Å². The fraction of sp³-hybridized carbons (Fsp3) is 0.357. The van der Waals surface area contributed by atoms with Gasteiger partial charge in [-0.3, -0.25) is 4.79 Å². The molecule has 0 amide bonds. The molecule has 0 aliphatic heterocycles. The molecule has 2 rings (SSSR count). The van der Waals surface area contributed by atoms with E-state index in [1.165, 1.54) is 47.4 Å².